The minimum atomic E-state index is 0.754. The van der Waals surface area contributed by atoms with Gasteiger partial charge in [0.1, 0.15) is 17.0 Å². The fraction of sp³-hybridized carbons (Fsp3) is 0.0833. The third kappa shape index (κ3) is 3.11. The molecule has 148 valence electrons. The maximum Gasteiger partial charge on any atom is 0.206 e. The molecule has 5 rings (SSSR count). The summed E-state index contributed by atoms with van der Waals surface area (Å²) in [6.45, 7) is 0. The van der Waals surface area contributed by atoms with E-state index in [1.54, 1.807) is 14.2 Å². The Bertz CT molecular complexity index is 1420. The Morgan fingerprint density at radius 3 is 2.60 bits per heavy atom. The zero-order chi connectivity index (χ0) is 20.5. The Morgan fingerprint density at radius 1 is 1.00 bits per heavy atom. The smallest absolute Gasteiger partial charge is 0.206 e. The van der Waals surface area contributed by atoms with Crippen molar-refractivity contribution >= 4 is 39.3 Å². The molecule has 0 spiro atoms. The van der Waals surface area contributed by atoms with Crippen molar-refractivity contribution in [1.29, 1.82) is 0 Å². The van der Waals surface area contributed by atoms with E-state index in [1.165, 1.54) is 11.3 Å². The second-order valence-electron chi connectivity index (χ2n) is 6.73. The predicted octanol–water partition coefficient (Wildman–Crippen LogP) is 5.54. The number of para-hydroxylation sites is 1. The minimum absolute atomic E-state index is 0.754. The Kier molecular flexibility index (Phi) is 4.69. The normalized spacial score (nSPS) is 12.4. The zero-order valence-electron chi connectivity index (χ0n) is 16.6. The van der Waals surface area contributed by atoms with Crippen LogP contribution < -0.4 is 9.54 Å². The van der Waals surface area contributed by atoms with Gasteiger partial charge < -0.3 is 9.15 Å². The van der Waals surface area contributed by atoms with Gasteiger partial charge in [-0.15, -0.1) is 11.3 Å². The Balaban J connectivity index is 1.67. The molecule has 0 saturated carbocycles. The highest BCUT2D eigenvalue weighted by Crippen LogP contribution is 2.29. The third-order valence-electron chi connectivity index (χ3n) is 5.01. The first-order valence-electron chi connectivity index (χ1n) is 9.51. The number of methoxy groups -OCH3 is 1. The molecule has 5 aromatic rings. The van der Waals surface area contributed by atoms with Crippen molar-refractivity contribution in [3.63, 3.8) is 0 Å². The highest BCUT2D eigenvalue weighted by Gasteiger charge is 2.13. The molecule has 30 heavy (non-hydrogen) atoms. The average Bonchev–Trinajstić information content (AvgIpc) is 3.40. The first-order valence-corrected chi connectivity index (χ1v) is 10.4. The molecule has 0 radical (unpaired) electrons. The van der Waals surface area contributed by atoms with Gasteiger partial charge in [-0.2, -0.15) is 5.10 Å². The molecule has 5 nitrogen and oxygen atoms in total. The number of nitrogens with zero attached hydrogens (tertiary/aromatic N) is 3. The van der Waals surface area contributed by atoms with Gasteiger partial charge >= 0.3 is 0 Å². The molecule has 0 bridgehead atoms. The number of hydrogen-bond donors (Lipinski definition) is 0. The molecule has 0 fully saturated rings. The fourth-order valence-electron chi connectivity index (χ4n) is 3.54. The quantitative estimate of drug-likeness (QED) is 0.363. The van der Waals surface area contributed by atoms with Gasteiger partial charge in [0, 0.05) is 23.4 Å². The number of thiazole rings is 1. The third-order valence-corrected chi connectivity index (χ3v) is 5.91. The maximum absolute atomic E-state index is 6.07. The van der Waals surface area contributed by atoms with Crippen molar-refractivity contribution in [2.45, 2.75) is 0 Å². The molecule has 0 aliphatic heterocycles. The molecule has 3 aromatic carbocycles. The molecule has 0 aliphatic rings. The minimum Gasteiger partial charge on any atom is -0.496 e. The maximum atomic E-state index is 6.07. The van der Waals surface area contributed by atoms with Crippen LogP contribution in [-0.2, 0) is 0 Å². The SMILES string of the molecule is CN=c1scc(-c2cc3ccccc3o2)n1/N=C\c1c(OC)ccc2ccccc12. The van der Waals surface area contributed by atoms with Crippen LogP contribution in [0.3, 0.4) is 0 Å². The summed E-state index contributed by atoms with van der Waals surface area (Å²) in [7, 11) is 3.44. The average molecular weight is 414 g/mol. The van der Waals surface area contributed by atoms with E-state index in [0.29, 0.717) is 0 Å². The number of furan rings is 1. The van der Waals surface area contributed by atoms with Gasteiger partial charge in [0.05, 0.1) is 13.3 Å². The molecular weight excluding hydrogens is 394 g/mol. The van der Waals surface area contributed by atoms with Crippen molar-refractivity contribution in [1.82, 2.24) is 4.68 Å². The fourth-order valence-corrected chi connectivity index (χ4v) is 4.33. The first-order chi connectivity index (χ1) is 14.8. The molecular formula is C24H19N3O2S. The second kappa shape index (κ2) is 7.65. The molecule has 0 unspecified atom stereocenters. The monoisotopic (exact) mass is 413 g/mol. The van der Waals surface area contributed by atoms with E-state index in [9.17, 15) is 0 Å². The lowest BCUT2D eigenvalue weighted by Crippen LogP contribution is -2.11. The van der Waals surface area contributed by atoms with Crippen LogP contribution in [0.15, 0.2) is 86.6 Å². The van der Waals surface area contributed by atoms with Crippen LogP contribution in [0.4, 0.5) is 0 Å². The van der Waals surface area contributed by atoms with Crippen LogP contribution >= 0.6 is 11.3 Å². The number of ether oxygens (including phenoxy) is 1. The van der Waals surface area contributed by atoms with Crippen molar-refractivity contribution < 1.29 is 9.15 Å². The van der Waals surface area contributed by atoms with E-state index < -0.39 is 0 Å². The molecule has 0 amide bonds. The summed E-state index contributed by atoms with van der Waals surface area (Å²) in [5.41, 5.74) is 2.62. The van der Waals surface area contributed by atoms with Gasteiger partial charge in [-0.05, 0) is 29.0 Å². The Labute approximate surface area is 177 Å². The topological polar surface area (TPSA) is 52.0 Å². The molecule has 6 heteroatoms. The highest BCUT2D eigenvalue weighted by atomic mass is 32.1. The lowest BCUT2D eigenvalue weighted by molar-refractivity contribution is 0.415. The molecule has 0 N–H and O–H groups in total. The molecule has 0 aliphatic carbocycles. The Morgan fingerprint density at radius 2 is 1.80 bits per heavy atom. The van der Waals surface area contributed by atoms with E-state index in [1.807, 2.05) is 64.8 Å². The lowest BCUT2D eigenvalue weighted by Gasteiger charge is -2.08. The number of rotatable bonds is 4. The first kappa shape index (κ1) is 18.4. The summed E-state index contributed by atoms with van der Waals surface area (Å²) >= 11 is 1.52. The van der Waals surface area contributed by atoms with Crippen molar-refractivity contribution in [2.24, 2.45) is 10.1 Å². The van der Waals surface area contributed by atoms with Crippen molar-refractivity contribution in [3.8, 4) is 17.2 Å². The number of fused-ring (bicyclic) bond motifs is 2. The molecule has 0 atom stereocenters. The van der Waals surface area contributed by atoms with E-state index >= 15 is 0 Å². The van der Waals surface area contributed by atoms with Crippen LogP contribution in [-0.4, -0.2) is 25.0 Å². The van der Waals surface area contributed by atoms with Gasteiger partial charge in [-0.3, -0.25) is 4.99 Å². The van der Waals surface area contributed by atoms with Gasteiger partial charge in [0.15, 0.2) is 5.76 Å². The van der Waals surface area contributed by atoms with Gasteiger partial charge in [0.2, 0.25) is 4.80 Å². The second-order valence-corrected chi connectivity index (χ2v) is 7.57. The molecule has 0 saturated heterocycles. The standard InChI is InChI=1S/C24H19N3O2S/c1-25-24-27(20(15-30-24)23-13-17-8-4-6-10-21(17)29-23)26-14-19-18-9-5-3-7-16(18)11-12-22(19)28-2/h3-15H,1-2H3/b25-24?,26-14-. The summed E-state index contributed by atoms with van der Waals surface area (Å²) in [5.74, 6) is 1.53. The van der Waals surface area contributed by atoms with Crippen LogP contribution in [0.25, 0.3) is 33.2 Å². The van der Waals surface area contributed by atoms with Gasteiger partial charge in [0.25, 0.3) is 0 Å². The Hall–Kier alpha value is -3.64. The summed E-state index contributed by atoms with van der Waals surface area (Å²) in [6, 6.07) is 22.2. The van der Waals surface area contributed by atoms with Gasteiger partial charge in [-0.25, -0.2) is 4.68 Å². The molecule has 2 heterocycles. The van der Waals surface area contributed by atoms with Gasteiger partial charge in [-0.1, -0.05) is 48.5 Å². The van der Waals surface area contributed by atoms with Crippen molar-refractivity contribution in [3.05, 3.63) is 82.5 Å². The summed E-state index contributed by atoms with van der Waals surface area (Å²) < 4.78 is 13.5. The summed E-state index contributed by atoms with van der Waals surface area (Å²) in [6.07, 6.45) is 1.83. The predicted molar refractivity (Wildman–Crippen MR) is 122 cm³/mol. The summed E-state index contributed by atoms with van der Waals surface area (Å²) in [4.78, 5) is 5.16. The van der Waals surface area contributed by atoms with E-state index in [0.717, 1.165) is 49.3 Å². The number of aromatic nitrogens is 1. The van der Waals surface area contributed by atoms with E-state index in [-0.39, 0.29) is 0 Å². The highest BCUT2D eigenvalue weighted by molar-refractivity contribution is 7.07. The summed E-state index contributed by atoms with van der Waals surface area (Å²) in [5, 5.41) is 10.1. The zero-order valence-corrected chi connectivity index (χ0v) is 17.4. The van der Waals surface area contributed by atoms with Crippen LogP contribution in [0.2, 0.25) is 0 Å². The number of hydrogen-bond acceptors (Lipinski definition) is 5. The molecule has 2 aromatic heterocycles. The van der Waals surface area contributed by atoms with Crippen LogP contribution in [0, 0.1) is 0 Å². The number of benzene rings is 3. The van der Waals surface area contributed by atoms with Crippen LogP contribution in [0.5, 0.6) is 5.75 Å². The van der Waals surface area contributed by atoms with Crippen LogP contribution in [0.1, 0.15) is 5.56 Å². The van der Waals surface area contributed by atoms with E-state index in [4.69, 9.17) is 14.3 Å². The van der Waals surface area contributed by atoms with E-state index in [2.05, 4.69) is 23.2 Å². The lowest BCUT2D eigenvalue weighted by atomic mass is 10.0. The largest absolute Gasteiger partial charge is 0.496 e. The van der Waals surface area contributed by atoms with Crippen molar-refractivity contribution in [2.75, 3.05) is 14.2 Å².